The fourth-order valence-corrected chi connectivity index (χ4v) is 2.29. The van der Waals surface area contributed by atoms with Crippen molar-refractivity contribution < 1.29 is 18.3 Å². The van der Waals surface area contributed by atoms with Gasteiger partial charge < -0.3 is 5.11 Å². The Kier molecular flexibility index (Phi) is 3.79. The van der Waals surface area contributed by atoms with Gasteiger partial charge in [0.05, 0.1) is 5.75 Å². The van der Waals surface area contributed by atoms with Crippen molar-refractivity contribution in [3.05, 3.63) is 24.4 Å². The van der Waals surface area contributed by atoms with Crippen LogP contribution in [0.1, 0.15) is 12.8 Å². The second-order valence-corrected chi connectivity index (χ2v) is 5.04. The van der Waals surface area contributed by atoms with Crippen molar-refractivity contribution in [1.29, 1.82) is 0 Å². The topological polar surface area (TPSA) is 84.3 Å². The summed E-state index contributed by atoms with van der Waals surface area (Å²) in [6.07, 6.45) is 1.35. The van der Waals surface area contributed by atoms with E-state index in [-0.39, 0.29) is 23.6 Å². The predicted molar refractivity (Wildman–Crippen MR) is 53.2 cm³/mol. The van der Waals surface area contributed by atoms with Crippen molar-refractivity contribution in [2.45, 2.75) is 17.9 Å². The Hall–Kier alpha value is -1.43. The molecule has 0 aliphatic rings. The molecule has 1 N–H and O–H groups in total. The third-order valence-electron chi connectivity index (χ3n) is 1.76. The maximum Gasteiger partial charge on any atom is 0.303 e. The smallest absolute Gasteiger partial charge is 0.303 e. The van der Waals surface area contributed by atoms with Crippen molar-refractivity contribution in [2.24, 2.45) is 0 Å². The quantitative estimate of drug-likeness (QED) is 0.804. The van der Waals surface area contributed by atoms with Crippen LogP contribution in [0.25, 0.3) is 0 Å². The molecule has 6 heteroatoms. The van der Waals surface area contributed by atoms with Crippen LogP contribution in [0, 0.1) is 0 Å². The molecule has 15 heavy (non-hydrogen) atoms. The van der Waals surface area contributed by atoms with Crippen LogP contribution in [-0.2, 0) is 14.6 Å². The zero-order valence-corrected chi connectivity index (χ0v) is 8.77. The van der Waals surface area contributed by atoms with E-state index in [2.05, 4.69) is 4.98 Å². The molecule has 0 atom stereocenters. The van der Waals surface area contributed by atoms with Crippen molar-refractivity contribution in [3.63, 3.8) is 0 Å². The lowest BCUT2D eigenvalue weighted by atomic mass is 10.3. The number of carbonyl (C=O) groups is 1. The van der Waals surface area contributed by atoms with Gasteiger partial charge in [0.1, 0.15) is 0 Å². The summed E-state index contributed by atoms with van der Waals surface area (Å²) in [7, 11) is -3.43. The Bertz CT molecular complexity index is 427. The number of aromatic nitrogens is 1. The van der Waals surface area contributed by atoms with Gasteiger partial charge in [-0.05, 0) is 18.6 Å². The summed E-state index contributed by atoms with van der Waals surface area (Å²) in [5.41, 5.74) is 0. The number of nitrogens with zero attached hydrogens (tertiary/aromatic N) is 1. The third kappa shape index (κ3) is 3.67. The number of aliphatic carboxylic acids is 1. The molecular weight excluding hydrogens is 218 g/mol. The maximum absolute atomic E-state index is 11.6. The summed E-state index contributed by atoms with van der Waals surface area (Å²) in [5.74, 6) is -1.18. The fourth-order valence-electron chi connectivity index (χ4n) is 1.05. The van der Waals surface area contributed by atoms with Crippen LogP contribution in [0.3, 0.4) is 0 Å². The van der Waals surface area contributed by atoms with Crippen LogP contribution in [0.5, 0.6) is 0 Å². The van der Waals surface area contributed by atoms with E-state index in [0.29, 0.717) is 0 Å². The molecule has 0 aliphatic carbocycles. The highest BCUT2D eigenvalue weighted by atomic mass is 32.2. The first-order valence-electron chi connectivity index (χ1n) is 4.38. The van der Waals surface area contributed by atoms with Gasteiger partial charge in [-0.25, -0.2) is 13.4 Å². The Morgan fingerprint density at radius 1 is 1.40 bits per heavy atom. The average Bonchev–Trinajstić information content (AvgIpc) is 2.18. The molecule has 5 nitrogen and oxygen atoms in total. The molecule has 0 aromatic carbocycles. The number of carboxylic acids is 1. The minimum atomic E-state index is -3.43. The molecule has 0 saturated carbocycles. The number of sulfone groups is 1. The normalized spacial score (nSPS) is 11.2. The Morgan fingerprint density at radius 2 is 2.13 bits per heavy atom. The highest BCUT2D eigenvalue weighted by molar-refractivity contribution is 7.91. The Morgan fingerprint density at radius 3 is 2.67 bits per heavy atom. The molecule has 0 aliphatic heterocycles. The van der Waals surface area contributed by atoms with E-state index < -0.39 is 15.8 Å². The standard InChI is InChI=1S/C9H11NO4S/c11-9(12)5-3-7-15(13,14)8-4-1-2-6-10-8/h1-2,4,6H,3,5,7H2,(H,11,12). The van der Waals surface area contributed by atoms with Gasteiger partial charge in [0.25, 0.3) is 0 Å². The molecule has 0 amide bonds. The zero-order valence-electron chi connectivity index (χ0n) is 7.96. The van der Waals surface area contributed by atoms with Crippen LogP contribution in [0.4, 0.5) is 0 Å². The predicted octanol–water partition coefficient (Wildman–Crippen LogP) is 0.720. The molecule has 0 radical (unpaired) electrons. The monoisotopic (exact) mass is 229 g/mol. The first kappa shape index (κ1) is 11.6. The Labute approximate surface area is 87.7 Å². The molecule has 0 saturated heterocycles. The van der Waals surface area contributed by atoms with Gasteiger partial charge in [-0.1, -0.05) is 6.07 Å². The molecule has 1 heterocycles. The van der Waals surface area contributed by atoms with Crippen LogP contribution in [0.15, 0.2) is 29.4 Å². The van der Waals surface area contributed by atoms with Crippen molar-refractivity contribution in [2.75, 3.05) is 5.75 Å². The summed E-state index contributed by atoms with van der Waals surface area (Å²) in [5, 5.41) is 8.37. The molecule has 1 aromatic rings. The second kappa shape index (κ2) is 4.88. The molecule has 0 fully saturated rings. The minimum absolute atomic E-state index is 0.00427. The van der Waals surface area contributed by atoms with Crippen LogP contribution >= 0.6 is 0 Å². The molecule has 0 unspecified atom stereocenters. The number of hydrogen-bond acceptors (Lipinski definition) is 4. The summed E-state index contributed by atoms with van der Waals surface area (Å²) in [6, 6.07) is 4.60. The van der Waals surface area contributed by atoms with E-state index >= 15 is 0 Å². The number of hydrogen-bond donors (Lipinski definition) is 1. The van der Waals surface area contributed by atoms with Gasteiger partial charge >= 0.3 is 5.97 Å². The molecule has 1 rings (SSSR count). The summed E-state index contributed by atoms with van der Waals surface area (Å²) in [4.78, 5) is 13.9. The third-order valence-corrected chi connectivity index (χ3v) is 3.47. The highest BCUT2D eigenvalue weighted by Gasteiger charge is 2.15. The Balaban J connectivity index is 2.65. The van der Waals surface area contributed by atoms with Gasteiger partial charge in [-0.15, -0.1) is 0 Å². The van der Waals surface area contributed by atoms with Crippen LogP contribution < -0.4 is 0 Å². The fraction of sp³-hybridized carbons (Fsp3) is 0.333. The second-order valence-electron chi connectivity index (χ2n) is 2.98. The van der Waals surface area contributed by atoms with E-state index in [0.717, 1.165) is 0 Å². The van der Waals surface area contributed by atoms with Crippen molar-refractivity contribution in [1.82, 2.24) is 4.98 Å². The lowest BCUT2D eigenvalue weighted by Crippen LogP contribution is -2.10. The van der Waals surface area contributed by atoms with Crippen molar-refractivity contribution >= 4 is 15.8 Å². The van der Waals surface area contributed by atoms with Gasteiger partial charge in [-0.2, -0.15) is 0 Å². The largest absolute Gasteiger partial charge is 0.481 e. The molecule has 82 valence electrons. The lowest BCUT2D eigenvalue weighted by Gasteiger charge is -2.01. The summed E-state index contributed by atoms with van der Waals surface area (Å²) < 4.78 is 23.1. The van der Waals surface area contributed by atoms with E-state index in [4.69, 9.17) is 5.11 Å². The van der Waals surface area contributed by atoms with Gasteiger partial charge in [0, 0.05) is 12.6 Å². The van der Waals surface area contributed by atoms with Crippen molar-refractivity contribution in [3.8, 4) is 0 Å². The van der Waals surface area contributed by atoms with E-state index in [1.54, 1.807) is 12.1 Å². The van der Waals surface area contributed by atoms with E-state index in [1.165, 1.54) is 12.3 Å². The van der Waals surface area contributed by atoms with Gasteiger partial charge in [0.15, 0.2) is 14.9 Å². The molecule has 1 aromatic heterocycles. The maximum atomic E-state index is 11.6. The number of pyridine rings is 1. The first-order valence-corrected chi connectivity index (χ1v) is 6.03. The van der Waals surface area contributed by atoms with Crippen LogP contribution in [-0.4, -0.2) is 30.2 Å². The molecule has 0 bridgehead atoms. The SMILES string of the molecule is O=C(O)CCCS(=O)(=O)c1ccccn1. The van der Waals surface area contributed by atoms with Gasteiger partial charge in [0.2, 0.25) is 0 Å². The highest BCUT2D eigenvalue weighted by Crippen LogP contribution is 2.08. The first-order chi connectivity index (χ1) is 7.02. The molecular formula is C9H11NO4S. The molecule has 0 spiro atoms. The lowest BCUT2D eigenvalue weighted by molar-refractivity contribution is -0.137. The van der Waals surface area contributed by atoms with E-state index in [1.807, 2.05) is 0 Å². The zero-order chi connectivity index (χ0) is 11.3. The summed E-state index contributed by atoms with van der Waals surface area (Å²) in [6.45, 7) is 0. The van der Waals surface area contributed by atoms with Gasteiger partial charge in [-0.3, -0.25) is 4.79 Å². The summed E-state index contributed by atoms with van der Waals surface area (Å²) >= 11 is 0. The number of rotatable bonds is 5. The average molecular weight is 229 g/mol. The minimum Gasteiger partial charge on any atom is -0.481 e. The van der Waals surface area contributed by atoms with Crippen LogP contribution in [0.2, 0.25) is 0 Å². The number of carboxylic acid groups (broad SMARTS) is 1. The van der Waals surface area contributed by atoms with E-state index in [9.17, 15) is 13.2 Å².